The van der Waals surface area contributed by atoms with Crippen molar-refractivity contribution in [3.8, 4) is 0 Å². The minimum absolute atomic E-state index is 0.0649. The van der Waals surface area contributed by atoms with E-state index in [9.17, 15) is 9.59 Å². The number of carbonyl (C=O) groups is 2. The van der Waals surface area contributed by atoms with Crippen molar-refractivity contribution >= 4 is 50.7 Å². The van der Waals surface area contributed by atoms with Crippen molar-refractivity contribution in [2.75, 3.05) is 12.0 Å². The van der Waals surface area contributed by atoms with Crippen LogP contribution in [0.3, 0.4) is 0 Å². The predicted octanol–water partition coefficient (Wildman–Crippen LogP) is 4.04. The second kappa shape index (κ2) is 10.5. The first-order valence-corrected chi connectivity index (χ1v) is 11.7. The number of imidazole rings is 1. The van der Waals surface area contributed by atoms with E-state index in [2.05, 4.69) is 36.5 Å². The van der Waals surface area contributed by atoms with Crippen LogP contribution in [0.1, 0.15) is 36.3 Å². The minimum Gasteiger partial charge on any atom is -0.352 e. The third kappa shape index (κ3) is 5.99. The molecule has 0 aliphatic rings. The number of rotatable bonds is 9. The molecule has 2 aromatic carbocycles. The summed E-state index contributed by atoms with van der Waals surface area (Å²) in [5.41, 5.74) is 7.92. The maximum absolute atomic E-state index is 12.9. The molecular formula is C21H24BrN5O2S. The fourth-order valence-electron chi connectivity index (χ4n) is 3.24. The summed E-state index contributed by atoms with van der Waals surface area (Å²) >= 11 is 5.13. The molecule has 158 valence electrons. The molecule has 1 heterocycles. The molecule has 0 aliphatic carbocycles. The molecule has 0 saturated heterocycles. The number of H-pyrrole nitrogens is 1. The zero-order chi connectivity index (χ0) is 21.5. The van der Waals surface area contributed by atoms with Gasteiger partial charge in [-0.3, -0.25) is 4.79 Å². The van der Waals surface area contributed by atoms with Gasteiger partial charge in [0.2, 0.25) is 5.91 Å². The number of para-hydroxylation sites is 2. The van der Waals surface area contributed by atoms with E-state index in [-0.39, 0.29) is 18.4 Å². The lowest BCUT2D eigenvalue weighted by Crippen LogP contribution is -2.37. The summed E-state index contributed by atoms with van der Waals surface area (Å²) in [6.45, 7) is 0. The molecule has 9 heteroatoms. The molecule has 5 N–H and O–H groups in total. The molecule has 7 nitrogen and oxygen atoms in total. The first kappa shape index (κ1) is 22.2. The number of urea groups is 1. The molecule has 0 bridgehead atoms. The van der Waals surface area contributed by atoms with Gasteiger partial charge in [0.15, 0.2) is 0 Å². The number of nitrogens with zero attached hydrogens (tertiary/aromatic N) is 1. The van der Waals surface area contributed by atoms with Gasteiger partial charge in [-0.05, 0) is 48.3 Å². The van der Waals surface area contributed by atoms with Gasteiger partial charge < -0.3 is 21.4 Å². The topological polar surface area (TPSA) is 113 Å². The van der Waals surface area contributed by atoms with Gasteiger partial charge in [-0.1, -0.05) is 40.2 Å². The number of hydrogen-bond donors (Lipinski definition) is 4. The van der Waals surface area contributed by atoms with Crippen LogP contribution in [0, 0.1) is 0 Å². The van der Waals surface area contributed by atoms with Crippen LogP contribution in [0.2, 0.25) is 0 Å². The lowest BCUT2D eigenvalue weighted by Gasteiger charge is -2.21. The summed E-state index contributed by atoms with van der Waals surface area (Å²) in [5, 5.41) is 5.73. The highest BCUT2D eigenvalue weighted by Crippen LogP contribution is 2.23. The summed E-state index contributed by atoms with van der Waals surface area (Å²) in [6, 6.07) is 13.7. The lowest BCUT2D eigenvalue weighted by molar-refractivity contribution is -0.122. The van der Waals surface area contributed by atoms with E-state index in [1.165, 1.54) is 0 Å². The fraction of sp³-hybridized carbons (Fsp3) is 0.286. The highest BCUT2D eigenvalue weighted by atomic mass is 79.9. The van der Waals surface area contributed by atoms with Gasteiger partial charge in [0, 0.05) is 4.47 Å². The quantitative estimate of drug-likeness (QED) is 0.363. The number of fused-ring (bicyclic) bond motifs is 1. The zero-order valence-corrected chi connectivity index (χ0v) is 18.9. The number of carbonyl (C=O) groups excluding carboxylic acids is 2. The molecule has 0 saturated carbocycles. The third-order valence-corrected chi connectivity index (χ3v) is 5.78. The summed E-state index contributed by atoms with van der Waals surface area (Å²) in [6.07, 6.45) is 2.82. The maximum atomic E-state index is 12.9. The summed E-state index contributed by atoms with van der Waals surface area (Å²) in [5.74, 6) is 1.40. The molecule has 0 spiro atoms. The molecule has 0 aliphatic heterocycles. The average Bonchev–Trinajstić information content (AvgIpc) is 3.14. The van der Waals surface area contributed by atoms with E-state index >= 15 is 0 Å². The number of aromatic nitrogens is 2. The number of nitrogens with two attached hydrogens (primary N) is 1. The van der Waals surface area contributed by atoms with E-state index in [1.807, 2.05) is 54.8 Å². The number of nitrogens with one attached hydrogen (secondary N) is 3. The number of primary amides is 1. The average molecular weight is 490 g/mol. The Balaban J connectivity index is 1.77. The van der Waals surface area contributed by atoms with Gasteiger partial charge in [0.05, 0.1) is 29.5 Å². The molecular weight excluding hydrogens is 466 g/mol. The normalized spacial score (nSPS) is 13.0. The molecule has 3 amide bonds. The third-order valence-electron chi connectivity index (χ3n) is 4.64. The Morgan fingerprint density at radius 1 is 1.17 bits per heavy atom. The van der Waals surface area contributed by atoms with Crippen LogP contribution in [0.5, 0.6) is 0 Å². The van der Waals surface area contributed by atoms with Gasteiger partial charge in [0.25, 0.3) is 0 Å². The van der Waals surface area contributed by atoms with Crippen molar-refractivity contribution in [3.63, 3.8) is 0 Å². The molecule has 0 fully saturated rings. The van der Waals surface area contributed by atoms with E-state index in [4.69, 9.17) is 5.73 Å². The van der Waals surface area contributed by atoms with Gasteiger partial charge >= 0.3 is 6.03 Å². The number of thioether (sulfide) groups is 1. The van der Waals surface area contributed by atoms with Crippen molar-refractivity contribution in [2.24, 2.45) is 5.73 Å². The number of benzene rings is 2. The summed E-state index contributed by atoms with van der Waals surface area (Å²) in [4.78, 5) is 32.3. The van der Waals surface area contributed by atoms with Gasteiger partial charge in [0.1, 0.15) is 5.82 Å². The summed E-state index contributed by atoms with van der Waals surface area (Å²) in [7, 11) is 0. The van der Waals surface area contributed by atoms with Crippen LogP contribution < -0.4 is 16.4 Å². The van der Waals surface area contributed by atoms with E-state index in [1.54, 1.807) is 11.8 Å². The highest BCUT2D eigenvalue weighted by Gasteiger charge is 2.22. The van der Waals surface area contributed by atoms with Crippen LogP contribution in [0.15, 0.2) is 53.0 Å². The Kier molecular flexibility index (Phi) is 7.75. The molecule has 2 atom stereocenters. The molecule has 0 unspecified atom stereocenters. The Labute approximate surface area is 187 Å². The summed E-state index contributed by atoms with van der Waals surface area (Å²) < 4.78 is 0.858. The lowest BCUT2D eigenvalue weighted by atomic mass is 10.0. The van der Waals surface area contributed by atoms with Crippen molar-refractivity contribution in [1.29, 1.82) is 0 Å². The van der Waals surface area contributed by atoms with Crippen molar-refractivity contribution in [2.45, 2.75) is 24.9 Å². The number of aromatic amines is 1. The zero-order valence-electron chi connectivity index (χ0n) is 16.5. The van der Waals surface area contributed by atoms with E-state index in [0.717, 1.165) is 39.1 Å². The molecule has 3 rings (SSSR count). The molecule has 3 aromatic rings. The largest absolute Gasteiger partial charge is 0.352 e. The first-order valence-electron chi connectivity index (χ1n) is 9.50. The standard InChI is InChI=1S/C21H24BrN5O2S/c1-30-10-9-17(20-25-15-7-2-3-8-16(15)26-20)24-19(28)12-18(27-21(23)29)13-5-4-6-14(22)11-13/h2-8,11,17-18H,9-10,12H2,1H3,(H,24,28)(H,25,26)(H3,23,27,29)/t17-,18+/m0/s1. The van der Waals surface area contributed by atoms with E-state index in [0.29, 0.717) is 0 Å². The second-order valence-corrected chi connectivity index (χ2v) is 8.76. The van der Waals surface area contributed by atoms with Crippen molar-refractivity contribution in [1.82, 2.24) is 20.6 Å². The van der Waals surface area contributed by atoms with Crippen LogP contribution in [0.4, 0.5) is 4.79 Å². The van der Waals surface area contributed by atoms with Crippen LogP contribution in [0.25, 0.3) is 11.0 Å². The Morgan fingerprint density at radius 2 is 1.97 bits per heavy atom. The predicted molar refractivity (Wildman–Crippen MR) is 124 cm³/mol. The van der Waals surface area contributed by atoms with Crippen molar-refractivity contribution < 1.29 is 9.59 Å². The highest BCUT2D eigenvalue weighted by molar-refractivity contribution is 9.10. The van der Waals surface area contributed by atoms with Crippen LogP contribution in [-0.2, 0) is 4.79 Å². The Bertz CT molecular complexity index is 992. The monoisotopic (exact) mass is 489 g/mol. The molecule has 0 radical (unpaired) electrons. The number of hydrogen-bond acceptors (Lipinski definition) is 4. The first-order chi connectivity index (χ1) is 14.5. The Morgan fingerprint density at radius 3 is 2.67 bits per heavy atom. The fourth-order valence-corrected chi connectivity index (χ4v) is 4.12. The number of halogens is 1. The Hall–Kier alpha value is -2.52. The molecule has 1 aromatic heterocycles. The minimum atomic E-state index is -0.677. The number of amides is 3. The van der Waals surface area contributed by atoms with Gasteiger partial charge in [-0.25, -0.2) is 9.78 Å². The van der Waals surface area contributed by atoms with Crippen molar-refractivity contribution in [3.05, 3.63) is 64.4 Å². The van der Waals surface area contributed by atoms with E-state index < -0.39 is 12.1 Å². The molecule has 30 heavy (non-hydrogen) atoms. The smallest absolute Gasteiger partial charge is 0.312 e. The SMILES string of the molecule is CSCC[C@H](NC(=O)C[C@@H](NC(N)=O)c1cccc(Br)c1)c1nc2ccccc2[nH]1. The van der Waals surface area contributed by atoms with Crippen LogP contribution >= 0.6 is 27.7 Å². The maximum Gasteiger partial charge on any atom is 0.312 e. The van der Waals surface area contributed by atoms with Crippen LogP contribution in [-0.4, -0.2) is 33.9 Å². The van der Waals surface area contributed by atoms with Gasteiger partial charge in [-0.2, -0.15) is 11.8 Å². The van der Waals surface area contributed by atoms with Gasteiger partial charge in [-0.15, -0.1) is 0 Å². The second-order valence-electron chi connectivity index (χ2n) is 6.86.